The van der Waals surface area contributed by atoms with Gasteiger partial charge in [-0.2, -0.15) is 9.97 Å². The number of unbranched alkanes of at least 4 members (excludes halogenated alkanes) is 1. The highest BCUT2D eigenvalue weighted by Crippen LogP contribution is 2.21. The Hall–Kier alpha value is -6.93. The van der Waals surface area contributed by atoms with Gasteiger partial charge in [0.2, 0.25) is 17.7 Å². The number of hydrogen-bond donors (Lipinski definition) is 7. The van der Waals surface area contributed by atoms with Gasteiger partial charge < -0.3 is 57.0 Å². The molecule has 0 saturated heterocycles. The Morgan fingerprint density at radius 3 is 2.30 bits per heavy atom. The van der Waals surface area contributed by atoms with E-state index in [1.54, 1.807) is 38.1 Å². The van der Waals surface area contributed by atoms with Crippen LogP contribution in [-0.2, 0) is 41.7 Å². The van der Waals surface area contributed by atoms with E-state index in [-0.39, 0.29) is 101 Å². The van der Waals surface area contributed by atoms with E-state index in [2.05, 4.69) is 52.5 Å². The van der Waals surface area contributed by atoms with Crippen LogP contribution in [0.3, 0.4) is 0 Å². The van der Waals surface area contributed by atoms with Crippen LogP contribution in [0.4, 0.5) is 21.1 Å². The highest BCUT2D eigenvalue weighted by molar-refractivity contribution is 5.98. The number of nitrogens with one attached hydrogen (secondary N) is 5. The van der Waals surface area contributed by atoms with Gasteiger partial charge in [0.15, 0.2) is 11.5 Å². The number of nitrogen functional groups attached to an aromatic ring is 1. The van der Waals surface area contributed by atoms with Crippen LogP contribution in [-0.4, -0.2) is 120 Å². The lowest BCUT2D eigenvalue weighted by Crippen LogP contribution is -2.55. The molecular formula is C39H56N14O10. The fraction of sp³-hybridized carbons (Fsp3) is 0.538. The van der Waals surface area contributed by atoms with E-state index in [1.807, 2.05) is 6.92 Å². The predicted octanol–water partition coefficient (Wildman–Crippen LogP) is 1.12. The quantitative estimate of drug-likeness (QED) is 0.0177. The van der Waals surface area contributed by atoms with Gasteiger partial charge >= 0.3 is 23.8 Å². The second-order valence-electron chi connectivity index (χ2n) is 14.0. The number of primary amides is 1. The molecule has 0 radical (unpaired) electrons. The van der Waals surface area contributed by atoms with Crippen molar-refractivity contribution in [1.82, 2.24) is 40.4 Å². The molecule has 0 aliphatic rings. The molecule has 6 amide bonds. The molecule has 2 unspecified atom stereocenters. The van der Waals surface area contributed by atoms with Crippen LogP contribution in [0.25, 0.3) is 21.6 Å². The van der Waals surface area contributed by atoms with Gasteiger partial charge in [-0.15, -0.1) is 6.42 Å². The van der Waals surface area contributed by atoms with Gasteiger partial charge in [-0.1, -0.05) is 50.4 Å². The number of aromatic nitrogens is 4. The van der Waals surface area contributed by atoms with E-state index in [1.165, 1.54) is 0 Å². The van der Waals surface area contributed by atoms with Crippen molar-refractivity contribution in [2.24, 2.45) is 16.8 Å². The molecule has 9 N–H and O–H groups in total. The lowest BCUT2D eigenvalue weighted by molar-refractivity contribution is -0.134. The molecule has 0 fully saturated rings. The number of terminal acetylenes is 1. The first-order valence-electron chi connectivity index (χ1n) is 20.2. The van der Waals surface area contributed by atoms with Crippen LogP contribution < -0.4 is 48.5 Å². The maximum absolute atomic E-state index is 13.6. The van der Waals surface area contributed by atoms with Gasteiger partial charge in [0.1, 0.15) is 24.2 Å². The van der Waals surface area contributed by atoms with Gasteiger partial charge in [-0.25, -0.2) is 19.0 Å². The summed E-state index contributed by atoms with van der Waals surface area (Å²) in [7, 11) is 0. The summed E-state index contributed by atoms with van der Waals surface area (Å²) in [5.41, 5.74) is 19.8. The number of rotatable bonds is 28. The molecule has 24 nitrogen and oxygen atoms in total. The Kier molecular flexibility index (Phi) is 21.7. The van der Waals surface area contributed by atoms with E-state index in [0.29, 0.717) is 24.5 Å². The molecule has 0 bridgehead atoms. The second-order valence-corrected chi connectivity index (χ2v) is 14.0. The molecule has 342 valence electrons. The molecular weight excluding hydrogens is 825 g/mol. The Balaban J connectivity index is 1.61. The van der Waals surface area contributed by atoms with Crippen LogP contribution in [0.5, 0.6) is 6.01 Å². The third-order valence-electron chi connectivity index (χ3n) is 8.86. The number of fused-ring (bicyclic) bond motifs is 1. The molecule has 1 aromatic carbocycles. The maximum Gasteiger partial charge on any atom is 0.339 e. The Morgan fingerprint density at radius 2 is 1.65 bits per heavy atom. The first-order chi connectivity index (χ1) is 30.3. The van der Waals surface area contributed by atoms with Crippen LogP contribution in [0.1, 0.15) is 52.0 Å². The van der Waals surface area contributed by atoms with Crippen LogP contribution >= 0.6 is 0 Å². The fourth-order valence-electron chi connectivity index (χ4n) is 5.69. The molecule has 24 heteroatoms. The highest BCUT2D eigenvalue weighted by atomic mass is 16.5. The van der Waals surface area contributed by atoms with Crippen molar-refractivity contribution >= 4 is 52.5 Å². The average molecular weight is 881 g/mol. The Morgan fingerprint density at radius 1 is 0.952 bits per heavy atom. The zero-order valence-electron chi connectivity index (χ0n) is 35.6. The van der Waals surface area contributed by atoms with Gasteiger partial charge in [-0.05, 0) is 48.4 Å². The molecule has 0 aliphatic carbocycles. The number of imidazole rings is 1. The highest BCUT2D eigenvalue weighted by Gasteiger charge is 2.29. The number of carbonyl (C=O) groups is 5. The fourth-order valence-corrected chi connectivity index (χ4v) is 5.69. The first kappa shape index (κ1) is 50.4. The van der Waals surface area contributed by atoms with Crippen molar-refractivity contribution < 1.29 is 42.9 Å². The molecule has 2 heterocycles. The van der Waals surface area contributed by atoms with Crippen molar-refractivity contribution in [3.63, 3.8) is 0 Å². The molecule has 3 aromatic rings. The van der Waals surface area contributed by atoms with Crippen molar-refractivity contribution in [1.29, 1.82) is 0 Å². The summed E-state index contributed by atoms with van der Waals surface area (Å²) in [6.45, 7) is 6.68. The third-order valence-corrected chi connectivity index (χ3v) is 8.86. The number of nitrogens with two attached hydrogens (primary N) is 2. The van der Waals surface area contributed by atoms with Gasteiger partial charge in [0.25, 0.3) is 0 Å². The standard InChI is InChI=1S/C39H56N14O10/c1-5-7-17-63-37-49-32(40)31-33(50-37)52(16-6-2)39(59)53(31)38(58)44-23-26-10-12-27(13-11-26)46-34(55)28(9-8-14-43-36(41)57)47-35(56)30(25(3)4)48-29(54)24-62-22-21-61-20-19-60-18-15-45-51-42/h2,10-13,25,28,30H,5,7-9,14-24H2,1,3-4H3,(H,44,58)(H,46,55)(H,47,56)(H,48,54)(H2,40,49,50)(H3,41,43,57). The van der Waals surface area contributed by atoms with Gasteiger partial charge in [0.05, 0.1) is 46.2 Å². The number of benzene rings is 1. The summed E-state index contributed by atoms with van der Waals surface area (Å²) in [5.74, 6) is 0.0905. The number of carbonyl (C=O) groups excluding carboxylic acids is 5. The molecule has 0 spiro atoms. The maximum atomic E-state index is 13.6. The number of amides is 6. The molecule has 2 aromatic heterocycles. The van der Waals surface area contributed by atoms with Gasteiger partial charge in [-0.3, -0.25) is 19.0 Å². The second kappa shape index (κ2) is 27.1. The first-order valence-corrected chi connectivity index (χ1v) is 20.2. The number of anilines is 2. The minimum Gasteiger partial charge on any atom is -0.463 e. The zero-order chi connectivity index (χ0) is 46.1. The lowest BCUT2D eigenvalue weighted by atomic mass is 10.0. The minimum atomic E-state index is -1.09. The number of nitrogens with zero attached hydrogens (tertiary/aromatic N) is 7. The summed E-state index contributed by atoms with van der Waals surface area (Å²) in [6, 6.07) is 2.69. The van der Waals surface area contributed by atoms with E-state index >= 15 is 0 Å². The smallest absolute Gasteiger partial charge is 0.339 e. The summed E-state index contributed by atoms with van der Waals surface area (Å²) in [6.07, 6.45) is 7.48. The average Bonchev–Trinajstić information content (AvgIpc) is 3.53. The Labute approximate surface area is 363 Å². The van der Waals surface area contributed by atoms with E-state index < -0.39 is 47.6 Å². The van der Waals surface area contributed by atoms with E-state index in [9.17, 15) is 28.8 Å². The molecule has 2 atom stereocenters. The number of urea groups is 1. The monoisotopic (exact) mass is 880 g/mol. The predicted molar refractivity (Wildman–Crippen MR) is 230 cm³/mol. The van der Waals surface area contributed by atoms with E-state index in [0.717, 1.165) is 22.0 Å². The normalized spacial score (nSPS) is 11.8. The molecule has 0 aliphatic heterocycles. The third kappa shape index (κ3) is 16.8. The topological polar surface area (TPSA) is 336 Å². The summed E-state index contributed by atoms with van der Waals surface area (Å²) >= 11 is 0. The summed E-state index contributed by atoms with van der Waals surface area (Å²) in [5, 5.41) is 16.6. The molecule has 63 heavy (non-hydrogen) atoms. The van der Waals surface area contributed by atoms with Crippen LogP contribution in [0.15, 0.2) is 34.2 Å². The van der Waals surface area contributed by atoms with Crippen molar-refractivity contribution in [3.05, 3.63) is 50.8 Å². The van der Waals surface area contributed by atoms with Crippen molar-refractivity contribution in [2.45, 2.75) is 71.6 Å². The SMILES string of the molecule is C#CCn1c(=O)n(C(=O)NCc2ccc(NC(=O)C(CCCNC(N)=O)NC(=O)C(NC(=O)COCCOCCOCCN=[N+]=[N-])C(C)C)cc2)c2c(N)nc(OCCCC)nc21. The minimum absolute atomic E-state index is 0.0327. The van der Waals surface area contributed by atoms with E-state index in [4.69, 9.17) is 42.4 Å². The molecule has 0 saturated carbocycles. The number of ether oxygens (including phenoxy) is 4. The van der Waals surface area contributed by atoms with Crippen molar-refractivity contribution in [2.75, 3.05) is 70.4 Å². The van der Waals surface area contributed by atoms with Crippen LogP contribution in [0, 0.1) is 18.3 Å². The number of azide groups is 1. The number of hydrogen-bond acceptors (Lipinski definition) is 14. The summed E-state index contributed by atoms with van der Waals surface area (Å²) < 4.78 is 23.4. The van der Waals surface area contributed by atoms with Gasteiger partial charge in [0, 0.05) is 30.2 Å². The largest absolute Gasteiger partial charge is 0.463 e. The zero-order valence-corrected chi connectivity index (χ0v) is 35.6. The summed E-state index contributed by atoms with van der Waals surface area (Å²) in [4.78, 5) is 88.7. The lowest BCUT2D eigenvalue weighted by Gasteiger charge is -2.25. The van der Waals surface area contributed by atoms with Crippen LogP contribution in [0.2, 0.25) is 0 Å². The Bertz CT molecular complexity index is 2150. The van der Waals surface area contributed by atoms with Crippen molar-refractivity contribution in [3.8, 4) is 18.4 Å². The molecule has 3 rings (SSSR count).